The van der Waals surface area contributed by atoms with Gasteiger partial charge in [-0.1, -0.05) is 51.0 Å². The Morgan fingerprint density at radius 2 is 1.80 bits per heavy atom. The summed E-state index contributed by atoms with van der Waals surface area (Å²) >= 11 is 0. The van der Waals surface area contributed by atoms with Crippen LogP contribution in [0.4, 0.5) is 0 Å². The zero-order valence-electron chi connectivity index (χ0n) is 13.4. The molecule has 2 heteroatoms. The second-order valence-corrected chi connectivity index (χ2v) is 5.96. The Hall–Kier alpha value is -0.860. The predicted molar refractivity (Wildman–Crippen MR) is 87.1 cm³/mol. The van der Waals surface area contributed by atoms with E-state index in [1.807, 2.05) is 0 Å². The van der Waals surface area contributed by atoms with Gasteiger partial charge in [0.1, 0.15) is 0 Å². The lowest BCUT2D eigenvalue weighted by Crippen LogP contribution is -2.39. The molecule has 1 atom stereocenters. The van der Waals surface area contributed by atoms with Crippen LogP contribution in [0.1, 0.15) is 56.7 Å². The van der Waals surface area contributed by atoms with E-state index in [1.54, 1.807) is 0 Å². The van der Waals surface area contributed by atoms with E-state index in [1.165, 1.54) is 36.8 Å². The van der Waals surface area contributed by atoms with Crippen LogP contribution in [0.25, 0.3) is 0 Å². The van der Waals surface area contributed by atoms with E-state index in [4.69, 9.17) is 0 Å². The first kappa shape index (κ1) is 15.5. The lowest BCUT2D eigenvalue weighted by Gasteiger charge is -2.31. The molecule has 0 saturated heterocycles. The number of nitrogens with zero attached hydrogens (tertiary/aromatic N) is 1. The van der Waals surface area contributed by atoms with Crippen molar-refractivity contribution in [2.45, 2.75) is 58.0 Å². The van der Waals surface area contributed by atoms with Gasteiger partial charge in [0, 0.05) is 18.6 Å². The first-order valence-electron chi connectivity index (χ1n) is 8.28. The van der Waals surface area contributed by atoms with Gasteiger partial charge >= 0.3 is 0 Å². The minimum atomic E-state index is 0.446. The second-order valence-electron chi connectivity index (χ2n) is 5.96. The van der Waals surface area contributed by atoms with Crippen molar-refractivity contribution in [3.63, 3.8) is 0 Å². The molecule has 1 aliphatic carbocycles. The molecule has 2 rings (SSSR count). The molecule has 1 aromatic carbocycles. The first-order chi connectivity index (χ1) is 9.78. The van der Waals surface area contributed by atoms with Gasteiger partial charge in [-0.05, 0) is 44.0 Å². The Kier molecular flexibility index (Phi) is 6.06. The van der Waals surface area contributed by atoms with Crippen LogP contribution < -0.4 is 5.32 Å². The van der Waals surface area contributed by atoms with Crippen LogP contribution in [-0.4, -0.2) is 31.1 Å². The van der Waals surface area contributed by atoms with Crippen molar-refractivity contribution >= 4 is 0 Å². The molecule has 1 aliphatic rings. The monoisotopic (exact) mass is 274 g/mol. The number of hydrogen-bond acceptors (Lipinski definition) is 2. The second kappa shape index (κ2) is 7.80. The van der Waals surface area contributed by atoms with Crippen LogP contribution in [0.15, 0.2) is 24.3 Å². The maximum Gasteiger partial charge on any atom is 0.0446 e. The Morgan fingerprint density at radius 1 is 1.15 bits per heavy atom. The quantitative estimate of drug-likeness (QED) is 0.814. The predicted octanol–water partition coefficient (Wildman–Crippen LogP) is 3.77. The first-order valence-corrected chi connectivity index (χ1v) is 8.28. The molecule has 112 valence electrons. The molecule has 0 radical (unpaired) electrons. The van der Waals surface area contributed by atoms with Crippen LogP contribution in [0.2, 0.25) is 0 Å². The molecular formula is C18H30N2. The Balaban J connectivity index is 2.02. The van der Waals surface area contributed by atoms with Crippen molar-refractivity contribution in [2.75, 3.05) is 20.1 Å². The molecule has 0 amide bonds. The summed E-state index contributed by atoms with van der Waals surface area (Å²) in [7, 11) is 2.08. The molecule has 0 aromatic heterocycles. The van der Waals surface area contributed by atoms with E-state index < -0.39 is 0 Å². The average molecular weight is 274 g/mol. The van der Waals surface area contributed by atoms with E-state index in [0.717, 1.165) is 25.6 Å². The van der Waals surface area contributed by atoms with Crippen molar-refractivity contribution in [2.24, 2.45) is 0 Å². The summed E-state index contributed by atoms with van der Waals surface area (Å²) in [5.74, 6) is 0. The molecule has 0 aliphatic heterocycles. The van der Waals surface area contributed by atoms with E-state index in [2.05, 4.69) is 55.4 Å². The molecule has 2 nitrogen and oxygen atoms in total. The highest BCUT2D eigenvalue weighted by molar-refractivity contribution is 5.25. The Bertz CT molecular complexity index is 379. The number of nitrogens with one attached hydrogen (secondary N) is 1. The smallest absolute Gasteiger partial charge is 0.0446 e. The number of benzene rings is 1. The van der Waals surface area contributed by atoms with Gasteiger partial charge in [0.2, 0.25) is 0 Å². The highest BCUT2D eigenvalue weighted by atomic mass is 15.2. The molecule has 1 aromatic rings. The molecule has 0 bridgehead atoms. The summed E-state index contributed by atoms with van der Waals surface area (Å²) in [4.78, 5) is 2.67. The molecule has 20 heavy (non-hydrogen) atoms. The Morgan fingerprint density at radius 3 is 2.30 bits per heavy atom. The third-order valence-corrected chi connectivity index (χ3v) is 4.80. The van der Waals surface area contributed by atoms with Gasteiger partial charge in [0.25, 0.3) is 0 Å². The molecule has 1 unspecified atom stereocenters. The minimum Gasteiger partial charge on any atom is -0.312 e. The number of rotatable bonds is 7. The van der Waals surface area contributed by atoms with Crippen molar-refractivity contribution in [1.82, 2.24) is 10.2 Å². The lowest BCUT2D eigenvalue weighted by atomic mass is 10.0. The van der Waals surface area contributed by atoms with Gasteiger partial charge in [-0.3, -0.25) is 4.90 Å². The zero-order chi connectivity index (χ0) is 14.4. The fraction of sp³-hybridized carbons (Fsp3) is 0.667. The third kappa shape index (κ3) is 3.83. The van der Waals surface area contributed by atoms with Crippen molar-refractivity contribution < 1.29 is 0 Å². The summed E-state index contributed by atoms with van der Waals surface area (Å²) in [6.07, 6.45) is 6.72. The van der Waals surface area contributed by atoms with Gasteiger partial charge in [-0.15, -0.1) is 0 Å². The van der Waals surface area contributed by atoms with E-state index >= 15 is 0 Å². The van der Waals surface area contributed by atoms with E-state index in [0.29, 0.717) is 6.04 Å². The summed E-state index contributed by atoms with van der Waals surface area (Å²) < 4.78 is 0. The van der Waals surface area contributed by atoms with Gasteiger partial charge in [-0.25, -0.2) is 0 Å². The molecule has 1 saturated carbocycles. The normalized spacial score (nSPS) is 17.8. The number of likely N-dealkylation sites (N-methyl/N-ethyl adjacent to an activating group) is 2. The number of aryl methyl sites for hydroxylation is 1. The van der Waals surface area contributed by atoms with E-state index in [-0.39, 0.29) is 0 Å². The van der Waals surface area contributed by atoms with Crippen LogP contribution in [0, 0.1) is 0 Å². The van der Waals surface area contributed by atoms with Crippen LogP contribution >= 0.6 is 0 Å². The fourth-order valence-corrected chi connectivity index (χ4v) is 3.39. The van der Waals surface area contributed by atoms with Crippen LogP contribution in [0.3, 0.4) is 0 Å². The van der Waals surface area contributed by atoms with Gasteiger partial charge in [0.15, 0.2) is 0 Å². The molecule has 0 heterocycles. The molecule has 1 N–H and O–H groups in total. The van der Waals surface area contributed by atoms with E-state index in [9.17, 15) is 0 Å². The molecule has 0 spiro atoms. The zero-order valence-corrected chi connectivity index (χ0v) is 13.4. The van der Waals surface area contributed by atoms with Gasteiger partial charge in [-0.2, -0.15) is 0 Å². The average Bonchev–Trinajstić information content (AvgIpc) is 3.03. The minimum absolute atomic E-state index is 0.446. The van der Waals surface area contributed by atoms with Gasteiger partial charge < -0.3 is 5.32 Å². The summed E-state index contributed by atoms with van der Waals surface area (Å²) in [5, 5.41) is 3.50. The van der Waals surface area contributed by atoms with Crippen LogP contribution in [0.5, 0.6) is 0 Å². The van der Waals surface area contributed by atoms with Crippen molar-refractivity contribution in [1.29, 1.82) is 0 Å². The SMILES string of the molecule is CCc1ccc(C(CN(CC)C2CCCC2)NC)cc1. The highest BCUT2D eigenvalue weighted by Crippen LogP contribution is 2.25. The topological polar surface area (TPSA) is 15.3 Å². The third-order valence-electron chi connectivity index (χ3n) is 4.80. The fourth-order valence-electron chi connectivity index (χ4n) is 3.39. The largest absolute Gasteiger partial charge is 0.312 e. The van der Waals surface area contributed by atoms with Gasteiger partial charge in [0.05, 0.1) is 0 Å². The van der Waals surface area contributed by atoms with Crippen molar-refractivity contribution in [3.05, 3.63) is 35.4 Å². The summed E-state index contributed by atoms with van der Waals surface area (Å²) in [6, 6.07) is 10.4. The van der Waals surface area contributed by atoms with Crippen molar-refractivity contribution in [3.8, 4) is 0 Å². The summed E-state index contributed by atoms with van der Waals surface area (Å²) in [5.41, 5.74) is 2.84. The lowest BCUT2D eigenvalue weighted by molar-refractivity contribution is 0.189. The number of hydrogen-bond donors (Lipinski definition) is 1. The maximum atomic E-state index is 3.50. The highest BCUT2D eigenvalue weighted by Gasteiger charge is 2.23. The van der Waals surface area contributed by atoms with Crippen LogP contribution in [-0.2, 0) is 6.42 Å². The summed E-state index contributed by atoms with van der Waals surface area (Å²) in [6.45, 7) is 6.80. The maximum absolute atomic E-state index is 3.50. The Labute approximate surface area is 124 Å². The molecule has 1 fully saturated rings. The standard InChI is InChI=1S/C18H30N2/c1-4-15-10-12-16(13-11-15)18(19-3)14-20(5-2)17-8-6-7-9-17/h10-13,17-19H,4-9,14H2,1-3H3. The molecular weight excluding hydrogens is 244 g/mol.